The molecule has 0 saturated carbocycles. The zero-order valence-electron chi connectivity index (χ0n) is 17.8. The first-order valence-corrected chi connectivity index (χ1v) is 11.4. The molecule has 160 valence electrons. The second-order valence-corrected chi connectivity index (χ2v) is 8.81. The van der Waals surface area contributed by atoms with Crippen molar-refractivity contribution in [3.63, 3.8) is 0 Å². The molecule has 0 bridgehead atoms. The minimum Gasteiger partial charge on any atom is -0.352 e. The van der Waals surface area contributed by atoms with E-state index < -0.39 is 0 Å². The summed E-state index contributed by atoms with van der Waals surface area (Å²) in [7, 11) is 0. The highest BCUT2D eigenvalue weighted by Crippen LogP contribution is 2.30. The third-order valence-electron chi connectivity index (χ3n) is 6.96. The molecule has 2 atom stereocenters. The van der Waals surface area contributed by atoms with Gasteiger partial charge in [-0.25, -0.2) is 0 Å². The number of nitrogens with zero attached hydrogens (tertiary/aromatic N) is 2. The second kappa shape index (κ2) is 8.67. The number of pyridine rings is 1. The third kappa shape index (κ3) is 3.90. The highest BCUT2D eigenvalue weighted by atomic mass is 16.2. The number of amides is 1. The van der Waals surface area contributed by atoms with E-state index in [1.165, 1.54) is 45.2 Å². The lowest BCUT2D eigenvalue weighted by Crippen LogP contribution is -2.51. The molecule has 5 heteroatoms. The number of hydrogen-bond donors (Lipinski definition) is 1. The van der Waals surface area contributed by atoms with Crippen molar-refractivity contribution in [1.29, 1.82) is 0 Å². The van der Waals surface area contributed by atoms with Crippen molar-refractivity contribution in [2.75, 3.05) is 19.6 Å². The predicted octanol–water partition coefficient (Wildman–Crippen LogP) is 3.99. The van der Waals surface area contributed by atoms with Crippen molar-refractivity contribution in [3.8, 4) is 5.69 Å². The SMILES string of the molecule is O=C(NC[C@@H]1CCCN2CCCC[C@H]12)c1cn(-c2ccccc2)c(=O)c2ccccc12. The topological polar surface area (TPSA) is 54.3 Å². The summed E-state index contributed by atoms with van der Waals surface area (Å²) in [6.45, 7) is 3.09. The Morgan fingerprint density at radius 3 is 2.48 bits per heavy atom. The molecule has 2 aliphatic heterocycles. The van der Waals surface area contributed by atoms with Crippen LogP contribution >= 0.6 is 0 Å². The number of para-hydroxylation sites is 1. The Balaban J connectivity index is 1.44. The molecule has 2 aromatic carbocycles. The van der Waals surface area contributed by atoms with E-state index in [0.717, 1.165) is 5.69 Å². The molecule has 31 heavy (non-hydrogen) atoms. The van der Waals surface area contributed by atoms with Gasteiger partial charge in [0, 0.05) is 35.2 Å². The molecule has 2 fully saturated rings. The lowest BCUT2D eigenvalue weighted by atomic mass is 9.83. The van der Waals surface area contributed by atoms with Gasteiger partial charge in [-0.3, -0.25) is 14.2 Å². The zero-order valence-corrected chi connectivity index (χ0v) is 17.8. The Hall–Kier alpha value is -2.92. The van der Waals surface area contributed by atoms with E-state index in [9.17, 15) is 9.59 Å². The summed E-state index contributed by atoms with van der Waals surface area (Å²) in [5, 5.41) is 4.48. The maximum absolute atomic E-state index is 13.3. The third-order valence-corrected chi connectivity index (χ3v) is 6.96. The van der Waals surface area contributed by atoms with Gasteiger partial charge < -0.3 is 10.2 Å². The van der Waals surface area contributed by atoms with Crippen molar-refractivity contribution < 1.29 is 4.79 Å². The Morgan fingerprint density at radius 2 is 1.65 bits per heavy atom. The van der Waals surface area contributed by atoms with Gasteiger partial charge in [-0.2, -0.15) is 0 Å². The molecular formula is C26H29N3O2. The number of benzene rings is 2. The van der Waals surface area contributed by atoms with Crippen LogP contribution in [0, 0.1) is 5.92 Å². The van der Waals surface area contributed by atoms with Gasteiger partial charge in [0.25, 0.3) is 11.5 Å². The van der Waals surface area contributed by atoms with Crippen molar-refractivity contribution in [1.82, 2.24) is 14.8 Å². The normalized spacial score (nSPS) is 21.5. The first kappa shape index (κ1) is 20.0. The minimum atomic E-state index is -0.108. The number of hydrogen-bond acceptors (Lipinski definition) is 3. The van der Waals surface area contributed by atoms with E-state index in [1.807, 2.05) is 48.5 Å². The fourth-order valence-electron chi connectivity index (χ4n) is 5.39. The minimum absolute atomic E-state index is 0.103. The standard InChI is InChI=1S/C26H29N3O2/c30-25(27-17-19-9-8-16-28-15-7-6-14-24(19)28)23-18-29(20-10-2-1-3-11-20)26(31)22-13-5-4-12-21(22)23/h1-5,10-13,18-19,24H,6-9,14-17H2,(H,27,30)/t19-,24+/m0/s1. The van der Waals surface area contributed by atoms with Crippen LogP contribution < -0.4 is 10.9 Å². The van der Waals surface area contributed by atoms with Gasteiger partial charge in [0.05, 0.1) is 5.56 Å². The highest BCUT2D eigenvalue weighted by Gasteiger charge is 2.33. The first-order valence-electron chi connectivity index (χ1n) is 11.4. The van der Waals surface area contributed by atoms with Crippen LogP contribution in [0.5, 0.6) is 0 Å². The van der Waals surface area contributed by atoms with E-state index >= 15 is 0 Å². The summed E-state index contributed by atoms with van der Waals surface area (Å²) in [6.07, 6.45) is 7.90. The number of carbonyl (C=O) groups excluding carboxylic acids is 1. The van der Waals surface area contributed by atoms with E-state index in [2.05, 4.69) is 10.2 Å². The molecular weight excluding hydrogens is 386 g/mol. The van der Waals surface area contributed by atoms with Gasteiger partial charge >= 0.3 is 0 Å². The van der Waals surface area contributed by atoms with Gasteiger partial charge in [0.1, 0.15) is 0 Å². The molecule has 2 saturated heterocycles. The average Bonchev–Trinajstić information content (AvgIpc) is 2.83. The lowest BCUT2D eigenvalue weighted by Gasteiger charge is -2.44. The lowest BCUT2D eigenvalue weighted by molar-refractivity contribution is 0.0576. The van der Waals surface area contributed by atoms with E-state index in [0.29, 0.717) is 34.8 Å². The molecule has 1 N–H and O–H groups in total. The highest BCUT2D eigenvalue weighted by molar-refractivity contribution is 6.06. The number of nitrogens with one attached hydrogen (secondary N) is 1. The quantitative estimate of drug-likeness (QED) is 0.701. The monoisotopic (exact) mass is 415 g/mol. The Kier molecular flexibility index (Phi) is 5.60. The van der Waals surface area contributed by atoms with Crippen LogP contribution in [0.4, 0.5) is 0 Å². The maximum atomic E-state index is 13.3. The van der Waals surface area contributed by atoms with Crippen LogP contribution in [0.3, 0.4) is 0 Å². The van der Waals surface area contributed by atoms with Crippen molar-refractivity contribution in [2.24, 2.45) is 5.92 Å². The number of carbonyl (C=O) groups is 1. The number of piperidine rings is 2. The predicted molar refractivity (Wildman–Crippen MR) is 124 cm³/mol. The van der Waals surface area contributed by atoms with Crippen LogP contribution in [0.1, 0.15) is 42.5 Å². The van der Waals surface area contributed by atoms with Gasteiger partial charge in [-0.05, 0) is 62.9 Å². The van der Waals surface area contributed by atoms with Crippen LogP contribution in [0.15, 0.2) is 65.6 Å². The van der Waals surface area contributed by atoms with E-state index in [-0.39, 0.29) is 11.5 Å². The number of fused-ring (bicyclic) bond motifs is 2. The van der Waals surface area contributed by atoms with Gasteiger partial charge in [0.15, 0.2) is 0 Å². The molecule has 3 heterocycles. The second-order valence-electron chi connectivity index (χ2n) is 8.81. The number of rotatable bonds is 4. The molecule has 2 aliphatic rings. The van der Waals surface area contributed by atoms with Crippen LogP contribution in [0.2, 0.25) is 0 Å². The van der Waals surface area contributed by atoms with Gasteiger partial charge in [-0.15, -0.1) is 0 Å². The molecule has 0 radical (unpaired) electrons. The Bertz CT molecular complexity index is 1140. The van der Waals surface area contributed by atoms with Crippen molar-refractivity contribution >= 4 is 16.7 Å². The van der Waals surface area contributed by atoms with Crippen molar-refractivity contribution in [2.45, 2.75) is 38.1 Å². The molecule has 5 nitrogen and oxygen atoms in total. The molecule has 0 spiro atoms. The summed E-state index contributed by atoms with van der Waals surface area (Å²) in [5.74, 6) is 0.401. The molecule has 1 aromatic heterocycles. The fraction of sp³-hybridized carbons (Fsp3) is 0.385. The van der Waals surface area contributed by atoms with Crippen LogP contribution in [0.25, 0.3) is 16.5 Å². The molecule has 0 aliphatic carbocycles. The first-order chi connectivity index (χ1) is 15.2. The number of aromatic nitrogens is 1. The van der Waals surface area contributed by atoms with Crippen molar-refractivity contribution in [3.05, 3.63) is 76.7 Å². The Labute approximate surface area is 182 Å². The fourth-order valence-corrected chi connectivity index (χ4v) is 5.39. The molecule has 1 amide bonds. The van der Waals surface area contributed by atoms with Crippen LogP contribution in [-0.4, -0.2) is 41.1 Å². The largest absolute Gasteiger partial charge is 0.352 e. The summed E-state index contributed by atoms with van der Waals surface area (Å²) in [5.41, 5.74) is 1.20. The van der Waals surface area contributed by atoms with Crippen LogP contribution in [-0.2, 0) is 0 Å². The summed E-state index contributed by atoms with van der Waals surface area (Å²) < 4.78 is 1.58. The Morgan fingerprint density at radius 1 is 0.903 bits per heavy atom. The molecule has 5 rings (SSSR count). The van der Waals surface area contributed by atoms with E-state index in [1.54, 1.807) is 16.8 Å². The summed E-state index contributed by atoms with van der Waals surface area (Å²) in [4.78, 5) is 29.0. The van der Waals surface area contributed by atoms with E-state index in [4.69, 9.17) is 0 Å². The summed E-state index contributed by atoms with van der Waals surface area (Å²) >= 11 is 0. The summed E-state index contributed by atoms with van der Waals surface area (Å²) in [6, 6.07) is 17.5. The van der Waals surface area contributed by atoms with Gasteiger partial charge in [-0.1, -0.05) is 42.8 Å². The van der Waals surface area contributed by atoms with Gasteiger partial charge in [0.2, 0.25) is 0 Å². The average molecular weight is 416 g/mol. The maximum Gasteiger partial charge on any atom is 0.262 e. The molecule has 3 aromatic rings. The smallest absolute Gasteiger partial charge is 0.262 e. The zero-order chi connectivity index (χ0) is 21.2. The molecule has 0 unspecified atom stereocenters.